The average molecular weight is 315 g/mol. The molecule has 0 aromatic carbocycles. The average Bonchev–Trinajstić information content (AvgIpc) is 3.20. The van der Waals surface area contributed by atoms with Crippen molar-refractivity contribution in [2.45, 2.75) is 77.0 Å². The maximum atomic E-state index is 5.45. The fourth-order valence-corrected chi connectivity index (χ4v) is 4.08. The minimum Gasteiger partial charge on any atom is -0.338 e. The Balaban J connectivity index is 1.45. The molecule has 2 aliphatic rings. The van der Waals surface area contributed by atoms with Crippen LogP contribution in [0.2, 0.25) is 0 Å². The van der Waals surface area contributed by atoms with Crippen molar-refractivity contribution in [2.24, 2.45) is 0 Å². The van der Waals surface area contributed by atoms with E-state index in [-0.39, 0.29) is 0 Å². The van der Waals surface area contributed by atoms with Crippen LogP contribution in [0.1, 0.15) is 68.8 Å². The van der Waals surface area contributed by atoms with E-state index in [2.05, 4.69) is 51.8 Å². The molecule has 6 nitrogen and oxygen atoms in total. The Morgan fingerprint density at radius 3 is 2.52 bits per heavy atom. The number of hydrogen-bond acceptors (Lipinski definition) is 5. The van der Waals surface area contributed by atoms with Gasteiger partial charge in [0.15, 0.2) is 5.82 Å². The van der Waals surface area contributed by atoms with E-state index >= 15 is 0 Å². The van der Waals surface area contributed by atoms with Crippen LogP contribution >= 0.6 is 0 Å². The van der Waals surface area contributed by atoms with Crippen molar-refractivity contribution in [1.29, 1.82) is 0 Å². The largest absolute Gasteiger partial charge is 0.338 e. The highest BCUT2D eigenvalue weighted by molar-refractivity contribution is 5.04. The third kappa shape index (κ3) is 2.80. The van der Waals surface area contributed by atoms with Crippen LogP contribution in [-0.4, -0.2) is 36.9 Å². The summed E-state index contributed by atoms with van der Waals surface area (Å²) in [4.78, 5) is 7.12. The molecule has 0 radical (unpaired) electrons. The second-order valence-corrected chi connectivity index (χ2v) is 7.38. The molecular weight excluding hydrogens is 290 g/mol. The van der Waals surface area contributed by atoms with Crippen molar-refractivity contribution in [2.75, 3.05) is 0 Å². The summed E-state index contributed by atoms with van der Waals surface area (Å²) in [6, 6.07) is 1.75. The van der Waals surface area contributed by atoms with Crippen LogP contribution in [0, 0.1) is 6.92 Å². The maximum absolute atomic E-state index is 5.45. The molecule has 2 unspecified atom stereocenters. The summed E-state index contributed by atoms with van der Waals surface area (Å²) in [5, 5.41) is 8.62. The van der Waals surface area contributed by atoms with E-state index in [4.69, 9.17) is 4.52 Å². The molecule has 0 amide bonds. The van der Waals surface area contributed by atoms with Gasteiger partial charge in [0.25, 0.3) is 0 Å². The zero-order chi connectivity index (χ0) is 16.0. The van der Waals surface area contributed by atoms with E-state index in [0.717, 1.165) is 18.3 Å². The molecule has 2 fully saturated rings. The summed E-state index contributed by atoms with van der Waals surface area (Å²) < 4.78 is 7.62. The van der Waals surface area contributed by atoms with Crippen molar-refractivity contribution < 1.29 is 4.52 Å². The quantitative estimate of drug-likeness (QED) is 0.868. The highest BCUT2D eigenvalue weighted by Gasteiger charge is 2.42. The SMILES string of the molecule is Cc1cnn(C2CC3CCC(C2)N3Cc2nc(C(C)C)no2)c1. The van der Waals surface area contributed by atoms with Crippen LogP contribution in [0.25, 0.3) is 0 Å². The van der Waals surface area contributed by atoms with Gasteiger partial charge in [-0.1, -0.05) is 19.0 Å². The van der Waals surface area contributed by atoms with E-state index < -0.39 is 0 Å². The summed E-state index contributed by atoms with van der Waals surface area (Å²) in [6.07, 6.45) is 9.01. The zero-order valence-corrected chi connectivity index (χ0v) is 14.1. The predicted molar refractivity (Wildman–Crippen MR) is 86.0 cm³/mol. The molecule has 6 heteroatoms. The smallest absolute Gasteiger partial charge is 0.240 e. The number of fused-ring (bicyclic) bond motifs is 2. The molecule has 2 aromatic heterocycles. The lowest BCUT2D eigenvalue weighted by molar-refractivity contribution is 0.0837. The summed E-state index contributed by atoms with van der Waals surface area (Å²) in [6.45, 7) is 7.08. The Morgan fingerprint density at radius 2 is 1.96 bits per heavy atom. The van der Waals surface area contributed by atoms with Crippen LogP contribution in [0.3, 0.4) is 0 Å². The van der Waals surface area contributed by atoms with E-state index in [0.29, 0.717) is 24.0 Å². The number of rotatable bonds is 4. The molecule has 2 saturated heterocycles. The Labute approximate surface area is 136 Å². The first kappa shape index (κ1) is 14.9. The minimum atomic E-state index is 0.318. The first-order valence-electron chi connectivity index (χ1n) is 8.69. The Hall–Kier alpha value is -1.69. The Kier molecular flexibility index (Phi) is 3.71. The van der Waals surface area contributed by atoms with Crippen molar-refractivity contribution in [3.63, 3.8) is 0 Å². The van der Waals surface area contributed by atoms with Gasteiger partial charge < -0.3 is 4.52 Å². The third-order valence-corrected chi connectivity index (χ3v) is 5.28. The first-order valence-corrected chi connectivity index (χ1v) is 8.69. The lowest BCUT2D eigenvalue weighted by Crippen LogP contribution is -2.43. The summed E-state index contributed by atoms with van der Waals surface area (Å²) in [7, 11) is 0. The molecular formula is C17H25N5O. The third-order valence-electron chi connectivity index (χ3n) is 5.28. The Bertz CT molecular complexity index is 662. The van der Waals surface area contributed by atoms with Gasteiger partial charge in [0.1, 0.15) is 0 Å². The lowest BCUT2D eigenvalue weighted by Gasteiger charge is -2.38. The fraction of sp³-hybridized carbons (Fsp3) is 0.706. The normalized spacial score (nSPS) is 27.9. The standard InChI is InChI=1S/C17H25N5O/c1-11(2)17-19-16(23-20-17)10-21-13-4-5-14(21)7-15(6-13)22-9-12(3)8-18-22/h8-9,11,13-15H,4-7,10H2,1-3H3. The van der Waals surface area contributed by atoms with Crippen molar-refractivity contribution in [3.05, 3.63) is 29.7 Å². The molecule has 4 heterocycles. The van der Waals surface area contributed by atoms with Gasteiger partial charge >= 0.3 is 0 Å². The van der Waals surface area contributed by atoms with Gasteiger partial charge in [-0.25, -0.2) is 0 Å². The molecule has 2 aliphatic heterocycles. The number of aryl methyl sites for hydroxylation is 1. The second-order valence-electron chi connectivity index (χ2n) is 7.38. The van der Waals surface area contributed by atoms with Gasteiger partial charge in [0, 0.05) is 24.2 Å². The summed E-state index contributed by atoms with van der Waals surface area (Å²) in [5.41, 5.74) is 1.24. The molecule has 0 spiro atoms. The maximum Gasteiger partial charge on any atom is 0.240 e. The molecule has 23 heavy (non-hydrogen) atoms. The molecule has 0 N–H and O–H groups in total. The van der Waals surface area contributed by atoms with Gasteiger partial charge in [-0.2, -0.15) is 10.1 Å². The van der Waals surface area contributed by atoms with Gasteiger partial charge in [0.2, 0.25) is 5.89 Å². The van der Waals surface area contributed by atoms with Crippen LogP contribution in [-0.2, 0) is 6.54 Å². The van der Waals surface area contributed by atoms with Crippen LogP contribution in [0.5, 0.6) is 0 Å². The number of aromatic nitrogens is 4. The molecule has 4 rings (SSSR count). The Morgan fingerprint density at radius 1 is 1.22 bits per heavy atom. The highest BCUT2D eigenvalue weighted by atomic mass is 16.5. The second kappa shape index (κ2) is 5.74. The summed E-state index contributed by atoms with van der Waals surface area (Å²) in [5.74, 6) is 1.89. The highest BCUT2D eigenvalue weighted by Crippen LogP contribution is 2.41. The zero-order valence-electron chi connectivity index (χ0n) is 14.1. The fourth-order valence-electron chi connectivity index (χ4n) is 4.08. The molecule has 124 valence electrons. The number of hydrogen-bond donors (Lipinski definition) is 0. The van der Waals surface area contributed by atoms with Crippen LogP contribution in [0.4, 0.5) is 0 Å². The van der Waals surface area contributed by atoms with Gasteiger partial charge in [-0.3, -0.25) is 9.58 Å². The molecule has 2 aromatic rings. The van der Waals surface area contributed by atoms with E-state index in [1.165, 1.54) is 31.2 Å². The minimum absolute atomic E-state index is 0.318. The monoisotopic (exact) mass is 315 g/mol. The van der Waals surface area contributed by atoms with Gasteiger partial charge in [0.05, 0.1) is 18.8 Å². The van der Waals surface area contributed by atoms with Crippen molar-refractivity contribution in [1.82, 2.24) is 24.8 Å². The van der Waals surface area contributed by atoms with Crippen LogP contribution < -0.4 is 0 Å². The summed E-state index contributed by atoms with van der Waals surface area (Å²) >= 11 is 0. The van der Waals surface area contributed by atoms with E-state index in [1.54, 1.807) is 0 Å². The van der Waals surface area contributed by atoms with E-state index in [1.807, 2.05) is 6.20 Å². The molecule has 0 saturated carbocycles. The van der Waals surface area contributed by atoms with Gasteiger partial charge in [-0.15, -0.1) is 0 Å². The number of nitrogens with zero attached hydrogens (tertiary/aromatic N) is 5. The first-order chi connectivity index (χ1) is 11.1. The van der Waals surface area contributed by atoms with Crippen molar-refractivity contribution >= 4 is 0 Å². The predicted octanol–water partition coefficient (Wildman–Crippen LogP) is 3.07. The van der Waals surface area contributed by atoms with Crippen LogP contribution in [0.15, 0.2) is 16.9 Å². The number of piperidine rings is 1. The lowest BCUT2D eigenvalue weighted by atomic mass is 9.97. The van der Waals surface area contributed by atoms with Crippen molar-refractivity contribution in [3.8, 4) is 0 Å². The topological polar surface area (TPSA) is 60.0 Å². The molecule has 2 bridgehead atoms. The van der Waals surface area contributed by atoms with E-state index in [9.17, 15) is 0 Å². The molecule has 2 atom stereocenters. The molecule has 0 aliphatic carbocycles. The van der Waals surface area contributed by atoms with Gasteiger partial charge in [-0.05, 0) is 38.2 Å².